The predicted molar refractivity (Wildman–Crippen MR) is 102 cm³/mol. The number of rotatable bonds is 5. The van der Waals surface area contributed by atoms with Crippen molar-refractivity contribution in [2.24, 2.45) is 10.7 Å². The number of hydrogen-bond acceptors (Lipinski definition) is 6. The molecule has 0 aliphatic carbocycles. The lowest BCUT2D eigenvalue weighted by atomic mass is 10.2. The molecule has 2 N–H and O–H groups in total. The van der Waals surface area contributed by atoms with Gasteiger partial charge in [0.05, 0.1) is 10.2 Å². The molecule has 1 atom stereocenters. The molecule has 25 heavy (non-hydrogen) atoms. The number of carbonyl (C=O) groups excluding carboxylic acids is 1. The fourth-order valence-electron chi connectivity index (χ4n) is 2.46. The van der Waals surface area contributed by atoms with Crippen molar-refractivity contribution in [3.8, 4) is 5.75 Å². The molecule has 1 aliphatic heterocycles. The van der Waals surface area contributed by atoms with Gasteiger partial charge in [0.1, 0.15) is 28.4 Å². The summed E-state index contributed by atoms with van der Waals surface area (Å²) in [7, 11) is 0. The van der Waals surface area contributed by atoms with Gasteiger partial charge in [-0.3, -0.25) is 9.79 Å². The van der Waals surface area contributed by atoms with Crippen molar-refractivity contribution < 1.29 is 9.53 Å². The van der Waals surface area contributed by atoms with Crippen LogP contribution in [0.15, 0.2) is 53.5 Å². The topological polar surface area (TPSA) is 77.6 Å². The molecule has 1 amide bonds. The number of amides is 1. The Morgan fingerprint density at radius 3 is 2.84 bits per heavy atom. The number of aliphatic imine (C=N–C) groups is 1. The molecule has 4 rings (SSSR count). The van der Waals surface area contributed by atoms with Crippen LogP contribution >= 0.6 is 23.1 Å². The van der Waals surface area contributed by atoms with Gasteiger partial charge in [0.25, 0.3) is 0 Å². The van der Waals surface area contributed by atoms with E-state index in [-0.39, 0.29) is 5.91 Å². The second kappa shape index (κ2) is 6.85. The van der Waals surface area contributed by atoms with Gasteiger partial charge in [-0.05, 0) is 23.8 Å². The molecule has 0 bridgehead atoms. The van der Waals surface area contributed by atoms with Crippen molar-refractivity contribution >= 4 is 44.3 Å². The number of fused-ring (bicyclic) bond motifs is 1. The molecule has 0 spiro atoms. The average molecular weight is 369 g/mol. The van der Waals surface area contributed by atoms with Gasteiger partial charge in [0.15, 0.2) is 0 Å². The minimum absolute atomic E-state index is 0.389. The number of benzene rings is 2. The van der Waals surface area contributed by atoms with Gasteiger partial charge in [-0.2, -0.15) is 0 Å². The van der Waals surface area contributed by atoms with Crippen molar-refractivity contribution in [1.82, 2.24) is 4.98 Å². The van der Waals surface area contributed by atoms with Crippen LogP contribution in [-0.4, -0.2) is 27.7 Å². The molecular weight excluding hydrogens is 354 g/mol. The molecule has 0 saturated carbocycles. The molecule has 5 nitrogen and oxygen atoms in total. The minimum Gasteiger partial charge on any atom is -0.489 e. The first-order valence-corrected chi connectivity index (χ1v) is 9.57. The maximum Gasteiger partial charge on any atom is 0.243 e. The van der Waals surface area contributed by atoms with E-state index in [1.54, 1.807) is 11.3 Å². The van der Waals surface area contributed by atoms with Crippen molar-refractivity contribution in [2.75, 3.05) is 5.75 Å². The molecule has 0 radical (unpaired) electrons. The lowest BCUT2D eigenvalue weighted by Crippen LogP contribution is -2.26. The monoisotopic (exact) mass is 369 g/mol. The van der Waals surface area contributed by atoms with Gasteiger partial charge in [-0.1, -0.05) is 30.3 Å². The van der Waals surface area contributed by atoms with Gasteiger partial charge in [0, 0.05) is 5.75 Å². The van der Waals surface area contributed by atoms with Gasteiger partial charge < -0.3 is 10.5 Å². The number of ether oxygens (including phenoxy) is 1. The third-order valence-corrected chi connectivity index (χ3v) is 5.98. The zero-order valence-electron chi connectivity index (χ0n) is 13.2. The molecule has 2 heterocycles. The highest BCUT2D eigenvalue weighted by Gasteiger charge is 2.25. The summed E-state index contributed by atoms with van der Waals surface area (Å²) in [6, 6.07) is 15.5. The number of hydrogen-bond donors (Lipinski definition) is 1. The number of nitrogens with zero attached hydrogens (tertiary/aromatic N) is 2. The largest absolute Gasteiger partial charge is 0.489 e. The van der Waals surface area contributed by atoms with Gasteiger partial charge in [-0.25, -0.2) is 4.98 Å². The fraction of sp³-hybridized carbons (Fsp3) is 0.167. The zero-order chi connectivity index (χ0) is 17.2. The van der Waals surface area contributed by atoms with Crippen LogP contribution in [0.4, 0.5) is 0 Å². The fourth-order valence-corrected chi connectivity index (χ4v) is 4.58. The standard InChI is InChI=1S/C18H15N3O2S2/c19-16(22)14-10-24-17(21-14)18-20-13-7-6-12(8-15(13)25-18)23-9-11-4-2-1-3-5-11/h1-8,14H,9-10H2,(H2,19,22)/t14-/m1/s1. The number of aromatic nitrogens is 1. The summed E-state index contributed by atoms with van der Waals surface area (Å²) in [5, 5.41) is 1.61. The predicted octanol–water partition coefficient (Wildman–Crippen LogP) is 3.22. The molecule has 0 unspecified atom stereocenters. The van der Waals surface area contributed by atoms with Crippen LogP contribution in [0.3, 0.4) is 0 Å². The van der Waals surface area contributed by atoms with E-state index in [4.69, 9.17) is 10.5 Å². The van der Waals surface area contributed by atoms with Crippen LogP contribution < -0.4 is 10.5 Å². The summed E-state index contributed by atoms with van der Waals surface area (Å²) >= 11 is 3.07. The van der Waals surface area contributed by atoms with Crippen LogP contribution in [0.2, 0.25) is 0 Å². The Morgan fingerprint density at radius 2 is 2.08 bits per heavy atom. The Labute approximate surface area is 152 Å². The van der Waals surface area contributed by atoms with E-state index in [1.165, 1.54) is 11.8 Å². The molecular formula is C18H15N3O2S2. The quantitative estimate of drug-likeness (QED) is 0.749. The normalized spacial score (nSPS) is 16.8. The van der Waals surface area contributed by atoms with E-state index in [1.807, 2.05) is 48.5 Å². The molecule has 2 aromatic carbocycles. The van der Waals surface area contributed by atoms with Crippen molar-refractivity contribution in [3.63, 3.8) is 0 Å². The number of carbonyl (C=O) groups is 1. The van der Waals surface area contributed by atoms with Crippen LogP contribution in [0.5, 0.6) is 5.75 Å². The SMILES string of the molecule is NC(=O)[C@H]1CSC(c2nc3ccc(OCc4ccccc4)cc3s2)=N1. The second-order valence-corrected chi connectivity index (χ2v) is 7.63. The summed E-state index contributed by atoms with van der Waals surface area (Å²) < 4.78 is 6.90. The van der Waals surface area contributed by atoms with E-state index in [2.05, 4.69) is 9.98 Å². The molecule has 0 saturated heterocycles. The Kier molecular flexibility index (Phi) is 4.42. The van der Waals surface area contributed by atoms with Gasteiger partial charge in [-0.15, -0.1) is 23.1 Å². The zero-order valence-corrected chi connectivity index (χ0v) is 14.8. The molecule has 0 fully saturated rings. The van der Waals surface area contributed by atoms with E-state index in [0.717, 1.165) is 31.6 Å². The van der Waals surface area contributed by atoms with Gasteiger partial charge >= 0.3 is 0 Å². The summed E-state index contributed by atoms with van der Waals surface area (Å²) in [6.07, 6.45) is 0. The Bertz CT molecular complexity index is 953. The maximum absolute atomic E-state index is 11.3. The first-order valence-electron chi connectivity index (χ1n) is 7.76. The number of thiazole rings is 1. The lowest BCUT2D eigenvalue weighted by Gasteiger charge is -2.05. The first kappa shape index (κ1) is 16.1. The highest BCUT2D eigenvalue weighted by atomic mass is 32.2. The van der Waals surface area contributed by atoms with Gasteiger partial charge in [0.2, 0.25) is 5.91 Å². The van der Waals surface area contributed by atoms with Crippen LogP contribution in [0.25, 0.3) is 10.2 Å². The number of nitrogens with two attached hydrogens (primary N) is 1. The van der Waals surface area contributed by atoms with Crippen LogP contribution in [0, 0.1) is 0 Å². The summed E-state index contributed by atoms with van der Waals surface area (Å²) in [6.45, 7) is 0.529. The lowest BCUT2D eigenvalue weighted by molar-refractivity contribution is -0.118. The van der Waals surface area contributed by atoms with E-state index < -0.39 is 6.04 Å². The highest BCUT2D eigenvalue weighted by molar-refractivity contribution is 8.15. The average Bonchev–Trinajstić information content (AvgIpc) is 3.27. The minimum atomic E-state index is -0.447. The smallest absolute Gasteiger partial charge is 0.243 e. The molecule has 7 heteroatoms. The third-order valence-electron chi connectivity index (χ3n) is 3.77. The maximum atomic E-state index is 11.3. The summed E-state index contributed by atoms with van der Waals surface area (Å²) in [5.41, 5.74) is 7.35. The Hall–Kier alpha value is -2.38. The highest BCUT2D eigenvalue weighted by Crippen LogP contribution is 2.31. The molecule has 126 valence electrons. The van der Waals surface area contributed by atoms with Crippen molar-refractivity contribution in [3.05, 3.63) is 59.1 Å². The number of primary amides is 1. The Morgan fingerprint density at radius 1 is 1.24 bits per heavy atom. The Balaban J connectivity index is 1.53. The van der Waals surface area contributed by atoms with E-state index in [9.17, 15) is 4.79 Å². The third kappa shape index (κ3) is 3.52. The van der Waals surface area contributed by atoms with Crippen molar-refractivity contribution in [1.29, 1.82) is 0 Å². The molecule has 1 aliphatic rings. The number of thioether (sulfide) groups is 1. The van der Waals surface area contributed by atoms with Crippen LogP contribution in [-0.2, 0) is 11.4 Å². The van der Waals surface area contributed by atoms with E-state index in [0.29, 0.717) is 12.4 Å². The second-order valence-electron chi connectivity index (χ2n) is 5.59. The first-order chi connectivity index (χ1) is 12.2. The molecule has 3 aromatic rings. The molecule has 1 aromatic heterocycles. The van der Waals surface area contributed by atoms with Crippen LogP contribution in [0.1, 0.15) is 10.6 Å². The van der Waals surface area contributed by atoms with E-state index >= 15 is 0 Å². The van der Waals surface area contributed by atoms with Crippen molar-refractivity contribution in [2.45, 2.75) is 12.6 Å². The summed E-state index contributed by atoms with van der Waals surface area (Å²) in [5.74, 6) is 1.01. The summed E-state index contributed by atoms with van der Waals surface area (Å²) in [4.78, 5) is 20.2.